The maximum atomic E-state index is 13.1. The van der Waals surface area contributed by atoms with Crippen LogP contribution in [0.3, 0.4) is 0 Å². The summed E-state index contributed by atoms with van der Waals surface area (Å²) in [6.45, 7) is -1.19. The number of hydrogen-bond donors (Lipinski definition) is 2. The molecule has 2 nitrogen and oxygen atoms in total. The van der Waals surface area contributed by atoms with Gasteiger partial charge >= 0.3 is 5.92 Å². The molecule has 0 aliphatic rings. The van der Waals surface area contributed by atoms with Crippen LogP contribution in [0.2, 0.25) is 0 Å². The standard InChI is InChI=1S/C10H8BrF2NO/c11-7-1-2-8-6(3-7)4-9(14-8)10(12,13)5-15/h1-4,14-15H,5H2. The van der Waals surface area contributed by atoms with Crippen molar-refractivity contribution in [3.8, 4) is 0 Å². The van der Waals surface area contributed by atoms with E-state index in [2.05, 4.69) is 20.9 Å². The molecule has 1 heterocycles. The fraction of sp³-hybridized carbons (Fsp3) is 0.200. The highest BCUT2D eigenvalue weighted by Crippen LogP contribution is 2.30. The minimum absolute atomic E-state index is 0.266. The first kappa shape index (κ1) is 10.6. The van der Waals surface area contributed by atoms with Gasteiger partial charge in [-0.05, 0) is 24.3 Å². The number of halogens is 3. The summed E-state index contributed by atoms with van der Waals surface area (Å²) in [5.74, 6) is -3.22. The average Bonchev–Trinajstić information content (AvgIpc) is 2.61. The van der Waals surface area contributed by atoms with E-state index in [0.29, 0.717) is 10.9 Å². The second-order valence-electron chi connectivity index (χ2n) is 3.28. The lowest BCUT2D eigenvalue weighted by atomic mass is 10.2. The van der Waals surface area contributed by atoms with Gasteiger partial charge in [-0.2, -0.15) is 8.78 Å². The average molecular weight is 276 g/mol. The number of aromatic nitrogens is 1. The van der Waals surface area contributed by atoms with Crippen molar-refractivity contribution in [2.75, 3.05) is 6.61 Å². The molecule has 0 aliphatic heterocycles. The number of rotatable bonds is 2. The number of hydrogen-bond acceptors (Lipinski definition) is 1. The van der Waals surface area contributed by atoms with Crippen LogP contribution in [-0.2, 0) is 5.92 Å². The molecule has 0 aliphatic carbocycles. The minimum Gasteiger partial charge on any atom is -0.390 e. The second-order valence-corrected chi connectivity index (χ2v) is 4.19. The second kappa shape index (κ2) is 3.57. The molecule has 0 saturated carbocycles. The fourth-order valence-electron chi connectivity index (χ4n) is 1.39. The Hall–Kier alpha value is -0.940. The van der Waals surface area contributed by atoms with Gasteiger partial charge in [0.2, 0.25) is 0 Å². The van der Waals surface area contributed by atoms with Gasteiger partial charge in [0, 0.05) is 15.4 Å². The summed E-state index contributed by atoms with van der Waals surface area (Å²) in [4.78, 5) is 2.58. The van der Waals surface area contributed by atoms with Gasteiger partial charge in [-0.1, -0.05) is 15.9 Å². The van der Waals surface area contributed by atoms with Crippen molar-refractivity contribution in [2.45, 2.75) is 5.92 Å². The molecule has 0 radical (unpaired) electrons. The Balaban J connectivity index is 2.56. The van der Waals surface area contributed by atoms with Crippen molar-refractivity contribution in [1.29, 1.82) is 0 Å². The number of aromatic amines is 1. The highest BCUT2D eigenvalue weighted by Gasteiger charge is 2.32. The van der Waals surface area contributed by atoms with Crippen LogP contribution in [0, 0.1) is 0 Å². The number of H-pyrrole nitrogens is 1. The highest BCUT2D eigenvalue weighted by atomic mass is 79.9. The monoisotopic (exact) mass is 275 g/mol. The maximum Gasteiger partial charge on any atom is 0.310 e. The minimum atomic E-state index is -3.22. The van der Waals surface area contributed by atoms with Gasteiger partial charge in [0.05, 0.1) is 5.69 Å². The highest BCUT2D eigenvalue weighted by molar-refractivity contribution is 9.10. The lowest BCUT2D eigenvalue weighted by Gasteiger charge is -2.09. The molecule has 5 heteroatoms. The van der Waals surface area contributed by atoms with Gasteiger partial charge in [0.25, 0.3) is 0 Å². The van der Waals surface area contributed by atoms with Crippen LogP contribution in [0.15, 0.2) is 28.7 Å². The van der Waals surface area contributed by atoms with E-state index in [1.165, 1.54) is 6.07 Å². The van der Waals surface area contributed by atoms with E-state index < -0.39 is 12.5 Å². The summed E-state index contributed by atoms with van der Waals surface area (Å²) in [5, 5.41) is 9.24. The smallest absolute Gasteiger partial charge is 0.310 e. The lowest BCUT2D eigenvalue weighted by molar-refractivity contribution is -0.0586. The van der Waals surface area contributed by atoms with Gasteiger partial charge in [0.15, 0.2) is 0 Å². The van der Waals surface area contributed by atoms with Gasteiger partial charge < -0.3 is 10.1 Å². The molecule has 80 valence electrons. The first-order chi connectivity index (χ1) is 7.03. The van der Waals surface area contributed by atoms with Crippen LogP contribution in [0.4, 0.5) is 8.78 Å². The summed E-state index contributed by atoms with van der Waals surface area (Å²) in [7, 11) is 0. The molecule has 2 rings (SSSR count). The number of aliphatic hydroxyl groups excluding tert-OH is 1. The third-order valence-electron chi connectivity index (χ3n) is 2.18. The largest absolute Gasteiger partial charge is 0.390 e. The van der Waals surface area contributed by atoms with Crippen LogP contribution in [0.1, 0.15) is 5.69 Å². The molecule has 0 bridgehead atoms. The molecule has 0 amide bonds. The molecule has 0 atom stereocenters. The van der Waals surface area contributed by atoms with Crippen molar-refractivity contribution in [2.24, 2.45) is 0 Å². The van der Waals surface area contributed by atoms with E-state index in [4.69, 9.17) is 5.11 Å². The fourth-order valence-corrected chi connectivity index (χ4v) is 1.76. The molecule has 0 fully saturated rings. The van der Waals surface area contributed by atoms with Crippen molar-refractivity contribution >= 4 is 26.8 Å². The zero-order chi connectivity index (χ0) is 11.1. The van der Waals surface area contributed by atoms with Crippen molar-refractivity contribution in [3.63, 3.8) is 0 Å². The van der Waals surface area contributed by atoms with Crippen LogP contribution < -0.4 is 0 Å². The van der Waals surface area contributed by atoms with Crippen LogP contribution in [-0.4, -0.2) is 16.7 Å². The topological polar surface area (TPSA) is 36.0 Å². The molecule has 0 unspecified atom stereocenters. The summed E-state index contributed by atoms with van der Waals surface area (Å²) in [6.07, 6.45) is 0. The number of aliphatic hydroxyl groups is 1. The molecular weight excluding hydrogens is 268 g/mol. The third-order valence-corrected chi connectivity index (χ3v) is 2.67. The first-order valence-corrected chi connectivity index (χ1v) is 5.10. The summed E-state index contributed by atoms with van der Waals surface area (Å²) >= 11 is 3.26. The Morgan fingerprint density at radius 1 is 1.33 bits per heavy atom. The van der Waals surface area contributed by atoms with E-state index in [1.807, 2.05) is 0 Å². The summed E-state index contributed by atoms with van der Waals surface area (Å²) in [5.41, 5.74) is 0.361. The summed E-state index contributed by atoms with van der Waals surface area (Å²) in [6, 6.07) is 6.55. The van der Waals surface area contributed by atoms with Crippen molar-refractivity contribution in [3.05, 3.63) is 34.4 Å². The normalized spacial score (nSPS) is 12.3. The quantitative estimate of drug-likeness (QED) is 0.869. The molecule has 2 N–H and O–H groups in total. The summed E-state index contributed by atoms with van der Waals surface area (Å²) < 4.78 is 27.1. The van der Waals surface area contributed by atoms with Gasteiger partial charge in [0.1, 0.15) is 6.61 Å². The molecule has 0 saturated heterocycles. The van der Waals surface area contributed by atoms with Crippen LogP contribution in [0.25, 0.3) is 10.9 Å². The van der Waals surface area contributed by atoms with E-state index >= 15 is 0 Å². The maximum absolute atomic E-state index is 13.1. The first-order valence-electron chi connectivity index (χ1n) is 4.30. The Bertz CT molecular complexity index is 495. The molecular formula is C10H8BrF2NO. The number of nitrogens with one attached hydrogen (secondary N) is 1. The lowest BCUT2D eigenvalue weighted by Crippen LogP contribution is -2.18. The molecule has 0 spiro atoms. The van der Waals surface area contributed by atoms with E-state index in [9.17, 15) is 8.78 Å². The molecule has 2 aromatic rings. The predicted molar refractivity (Wildman–Crippen MR) is 57.0 cm³/mol. The van der Waals surface area contributed by atoms with Crippen LogP contribution >= 0.6 is 15.9 Å². The van der Waals surface area contributed by atoms with Crippen LogP contribution in [0.5, 0.6) is 0 Å². The third kappa shape index (κ3) is 1.89. The predicted octanol–water partition coefficient (Wildman–Crippen LogP) is 3.01. The molecule has 1 aromatic heterocycles. The Labute approximate surface area is 93.0 Å². The van der Waals surface area contributed by atoms with Crippen molar-refractivity contribution in [1.82, 2.24) is 4.98 Å². The van der Waals surface area contributed by atoms with Gasteiger partial charge in [-0.15, -0.1) is 0 Å². The Morgan fingerprint density at radius 2 is 2.07 bits per heavy atom. The SMILES string of the molecule is OCC(F)(F)c1cc2cc(Br)ccc2[nH]1. The molecule has 1 aromatic carbocycles. The number of fused-ring (bicyclic) bond motifs is 1. The van der Waals surface area contributed by atoms with E-state index in [-0.39, 0.29) is 5.69 Å². The zero-order valence-corrected chi connectivity index (χ0v) is 9.18. The number of alkyl halides is 2. The Kier molecular flexibility index (Phi) is 2.52. The number of benzene rings is 1. The van der Waals surface area contributed by atoms with Crippen molar-refractivity contribution < 1.29 is 13.9 Å². The van der Waals surface area contributed by atoms with E-state index in [0.717, 1.165) is 4.47 Å². The molecule has 15 heavy (non-hydrogen) atoms. The Morgan fingerprint density at radius 3 is 2.73 bits per heavy atom. The zero-order valence-electron chi connectivity index (χ0n) is 7.60. The van der Waals surface area contributed by atoms with E-state index in [1.54, 1.807) is 18.2 Å². The van der Waals surface area contributed by atoms with Gasteiger partial charge in [-0.3, -0.25) is 0 Å². The van der Waals surface area contributed by atoms with Gasteiger partial charge in [-0.25, -0.2) is 0 Å².